The largest absolute Gasteiger partial charge is 0.383 e. The molecule has 0 radical (unpaired) electrons. The molecule has 1 aliphatic heterocycles. The van der Waals surface area contributed by atoms with Crippen molar-refractivity contribution in [3.05, 3.63) is 59.7 Å². The molecule has 0 unspecified atom stereocenters. The molecular formula is C19H20F2N2O2. The van der Waals surface area contributed by atoms with E-state index in [1.165, 1.54) is 6.07 Å². The third-order valence-corrected chi connectivity index (χ3v) is 4.30. The molecule has 2 aromatic rings. The van der Waals surface area contributed by atoms with Crippen LogP contribution >= 0.6 is 0 Å². The van der Waals surface area contributed by atoms with Gasteiger partial charge in [0.2, 0.25) is 0 Å². The summed E-state index contributed by atoms with van der Waals surface area (Å²) in [4.78, 5) is 16.7. The van der Waals surface area contributed by atoms with Crippen LogP contribution in [0.5, 0.6) is 0 Å². The molecule has 25 heavy (non-hydrogen) atoms. The molecule has 2 aromatic carbocycles. The third kappa shape index (κ3) is 3.64. The highest BCUT2D eigenvalue weighted by Crippen LogP contribution is 2.33. The smallest absolute Gasteiger partial charge is 0.258 e. The number of nitrogens with zero attached hydrogens (tertiary/aromatic N) is 2. The molecule has 0 aromatic heterocycles. The van der Waals surface area contributed by atoms with Gasteiger partial charge in [-0.05, 0) is 36.8 Å². The Hall–Kier alpha value is -2.47. The number of amides is 1. The maximum absolute atomic E-state index is 13.5. The van der Waals surface area contributed by atoms with E-state index in [1.54, 1.807) is 12.0 Å². The summed E-state index contributed by atoms with van der Waals surface area (Å²) in [6, 6.07) is 10.9. The SMILES string of the molecule is COCCN1CCCN(C(=O)c2ccc(F)c(F)c2)c2ccccc21. The highest BCUT2D eigenvalue weighted by molar-refractivity contribution is 6.08. The number of ether oxygens (including phenoxy) is 1. The summed E-state index contributed by atoms with van der Waals surface area (Å²) < 4.78 is 31.8. The quantitative estimate of drug-likeness (QED) is 0.850. The molecule has 0 saturated heterocycles. The zero-order chi connectivity index (χ0) is 17.8. The number of rotatable bonds is 4. The van der Waals surface area contributed by atoms with Crippen molar-refractivity contribution in [1.82, 2.24) is 0 Å². The zero-order valence-corrected chi connectivity index (χ0v) is 14.0. The molecule has 1 amide bonds. The second-order valence-electron chi connectivity index (χ2n) is 5.91. The lowest BCUT2D eigenvalue weighted by molar-refractivity contribution is 0.0986. The van der Waals surface area contributed by atoms with Crippen LogP contribution in [0.4, 0.5) is 20.2 Å². The van der Waals surface area contributed by atoms with Gasteiger partial charge in [0.1, 0.15) is 0 Å². The van der Waals surface area contributed by atoms with Gasteiger partial charge in [-0.2, -0.15) is 0 Å². The molecule has 0 spiro atoms. The van der Waals surface area contributed by atoms with Crippen LogP contribution < -0.4 is 9.80 Å². The van der Waals surface area contributed by atoms with Crippen LogP contribution in [-0.2, 0) is 4.74 Å². The number of carbonyl (C=O) groups excluding carboxylic acids is 1. The summed E-state index contributed by atoms with van der Waals surface area (Å²) in [5, 5.41) is 0. The van der Waals surface area contributed by atoms with Crippen LogP contribution in [0.15, 0.2) is 42.5 Å². The molecule has 0 saturated carbocycles. The molecule has 1 heterocycles. The van der Waals surface area contributed by atoms with E-state index in [-0.39, 0.29) is 11.5 Å². The predicted octanol–water partition coefficient (Wildman–Crippen LogP) is 3.47. The van der Waals surface area contributed by atoms with Crippen molar-refractivity contribution in [3.63, 3.8) is 0 Å². The Labute approximate surface area is 145 Å². The van der Waals surface area contributed by atoms with E-state index in [4.69, 9.17) is 4.74 Å². The minimum absolute atomic E-state index is 0.138. The van der Waals surface area contributed by atoms with Gasteiger partial charge in [0.25, 0.3) is 5.91 Å². The molecule has 0 fully saturated rings. The number of anilines is 2. The molecule has 0 bridgehead atoms. The number of para-hydroxylation sites is 2. The van der Waals surface area contributed by atoms with Crippen molar-refractivity contribution < 1.29 is 18.3 Å². The van der Waals surface area contributed by atoms with Crippen LogP contribution in [0.25, 0.3) is 0 Å². The lowest BCUT2D eigenvalue weighted by atomic mass is 10.1. The normalized spacial score (nSPS) is 14.2. The first-order valence-corrected chi connectivity index (χ1v) is 8.21. The monoisotopic (exact) mass is 346 g/mol. The molecule has 0 atom stereocenters. The Kier molecular flexibility index (Phi) is 5.28. The molecule has 3 rings (SSSR count). The van der Waals surface area contributed by atoms with Crippen LogP contribution in [0.2, 0.25) is 0 Å². The first-order chi connectivity index (χ1) is 12.1. The van der Waals surface area contributed by atoms with Gasteiger partial charge in [-0.15, -0.1) is 0 Å². The maximum atomic E-state index is 13.5. The summed E-state index contributed by atoms with van der Waals surface area (Å²) in [5.74, 6) is -2.31. The Morgan fingerprint density at radius 2 is 1.84 bits per heavy atom. The molecule has 0 aliphatic carbocycles. The molecule has 132 valence electrons. The summed E-state index contributed by atoms with van der Waals surface area (Å²) >= 11 is 0. The van der Waals surface area contributed by atoms with Crippen molar-refractivity contribution in [2.24, 2.45) is 0 Å². The highest BCUT2D eigenvalue weighted by atomic mass is 19.2. The molecule has 1 aliphatic rings. The van der Waals surface area contributed by atoms with E-state index in [0.717, 1.165) is 43.0 Å². The van der Waals surface area contributed by atoms with Gasteiger partial charge in [0.05, 0.1) is 18.0 Å². The number of carbonyl (C=O) groups is 1. The van der Waals surface area contributed by atoms with Gasteiger partial charge in [-0.3, -0.25) is 4.79 Å². The van der Waals surface area contributed by atoms with Crippen LogP contribution in [0, 0.1) is 11.6 Å². The average molecular weight is 346 g/mol. The van der Waals surface area contributed by atoms with Crippen molar-refractivity contribution in [2.75, 3.05) is 43.2 Å². The number of fused-ring (bicyclic) bond motifs is 1. The fourth-order valence-electron chi connectivity index (χ4n) is 3.05. The molecule has 0 N–H and O–H groups in total. The lowest BCUT2D eigenvalue weighted by Gasteiger charge is -2.26. The van der Waals surface area contributed by atoms with E-state index >= 15 is 0 Å². The van der Waals surface area contributed by atoms with E-state index in [9.17, 15) is 13.6 Å². The molecular weight excluding hydrogens is 326 g/mol. The lowest BCUT2D eigenvalue weighted by Crippen LogP contribution is -2.31. The minimum atomic E-state index is -1.02. The fourth-order valence-corrected chi connectivity index (χ4v) is 3.05. The van der Waals surface area contributed by atoms with E-state index in [1.807, 2.05) is 24.3 Å². The third-order valence-electron chi connectivity index (χ3n) is 4.30. The number of methoxy groups -OCH3 is 1. The molecule has 6 heteroatoms. The van der Waals surface area contributed by atoms with Crippen molar-refractivity contribution in [1.29, 1.82) is 0 Å². The number of hydrogen-bond acceptors (Lipinski definition) is 3. The molecule has 4 nitrogen and oxygen atoms in total. The van der Waals surface area contributed by atoms with Crippen LogP contribution in [0.1, 0.15) is 16.8 Å². The van der Waals surface area contributed by atoms with Gasteiger partial charge < -0.3 is 14.5 Å². The second-order valence-corrected chi connectivity index (χ2v) is 5.91. The zero-order valence-electron chi connectivity index (χ0n) is 14.0. The van der Waals surface area contributed by atoms with Gasteiger partial charge in [0.15, 0.2) is 11.6 Å². The Morgan fingerprint density at radius 3 is 2.56 bits per heavy atom. The predicted molar refractivity (Wildman–Crippen MR) is 93.2 cm³/mol. The van der Waals surface area contributed by atoms with Gasteiger partial charge in [0, 0.05) is 32.3 Å². The van der Waals surface area contributed by atoms with E-state index < -0.39 is 11.6 Å². The minimum Gasteiger partial charge on any atom is -0.383 e. The van der Waals surface area contributed by atoms with Gasteiger partial charge in [-0.25, -0.2) is 8.78 Å². The fraction of sp³-hybridized carbons (Fsp3) is 0.316. The summed E-state index contributed by atoms with van der Waals surface area (Å²) in [5.41, 5.74) is 1.85. The van der Waals surface area contributed by atoms with E-state index in [0.29, 0.717) is 13.2 Å². The van der Waals surface area contributed by atoms with Crippen molar-refractivity contribution in [2.45, 2.75) is 6.42 Å². The first kappa shape index (κ1) is 17.4. The summed E-state index contributed by atoms with van der Waals surface area (Å²) in [6.07, 6.45) is 0.772. The van der Waals surface area contributed by atoms with Crippen LogP contribution in [0.3, 0.4) is 0 Å². The van der Waals surface area contributed by atoms with Gasteiger partial charge in [-0.1, -0.05) is 12.1 Å². The number of halogens is 2. The summed E-state index contributed by atoms with van der Waals surface area (Å²) in [6.45, 7) is 2.62. The topological polar surface area (TPSA) is 32.8 Å². The highest BCUT2D eigenvalue weighted by Gasteiger charge is 2.25. The summed E-state index contributed by atoms with van der Waals surface area (Å²) in [7, 11) is 1.66. The average Bonchev–Trinajstić information content (AvgIpc) is 2.81. The Balaban J connectivity index is 1.95. The van der Waals surface area contributed by atoms with Crippen molar-refractivity contribution in [3.8, 4) is 0 Å². The Bertz CT molecular complexity index is 767. The standard InChI is InChI=1S/C19H20F2N2O2/c1-25-12-11-22-9-4-10-23(18-6-3-2-5-17(18)22)19(24)14-7-8-15(20)16(21)13-14/h2-3,5-8,13H,4,9-12H2,1H3. The Morgan fingerprint density at radius 1 is 1.08 bits per heavy atom. The number of benzene rings is 2. The van der Waals surface area contributed by atoms with E-state index in [2.05, 4.69) is 4.90 Å². The first-order valence-electron chi connectivity index (χ1n) is 8.21. The van der Waals surface area contributed by atoms with Crippen LogP contribution in [-0.4, -0.2) is 39.3 Å². The van der Waals surface area contributed by atoms with Gasteiger partial charge >= 0.3 is 0 Å². The van der Waals surface area contributed by atoms with Crippen molar-refractivity contribution >= 4 is 17.3 Å². The number of hydrogen-bond donors (Lipinski definition) is 0. The maximum Gasteiger partial charge on any atom is 0.258 e. The second kappa shape index (κ2) is 7.61.